The van der Waals surface area contributed by atoms with Gasteiger partial charge in [0.05, 0.1) is 18.3 Å². The molecule has 0 aliphatic carbocycles. The molecule has 104 valence electrons. The van der Waals surface area contributed by atoms with Gasteiger partial charge in [0.15, 0.2) is 0 Å². The van der Waals surface area contributed by atoms with Crippen LogP contribution in [-0.4, -0.2) is 31.8 Å². The van der Waals surface area contributed by atoms with E-state index >= 15 is 0 Å². The molecule has 0 bridgehead atoms. The average Bonchev–Trinajstić information content (AvgIpc) is 2.84. The van der Waals surface area contributed by atoms with Crippen LogP contribution in [0.4, 0.5) is 11.4 Å². The van der Waals surface area contributed by atoms with Crippen molar-refractivity contribution >= 4 is 17.3 Å². The lowest BCUT2D eigenvalue weighted by molar-refractivity contribution is 0.0315. The van der Waals surface area contributed by atoms with Gasteiger partial charge in [-0.05, 0) is 38.0 Å². The molecule has 1 fully saturated rings. The Morgan fingerprint density at radius 1 is 1.58 bits per heavy atom. The zero-order valence-electron chi connectivity index (χ0n) is 11.4. The maximum Gasteiger partial charge on any atom is 0.340 e. The SMILES string of the molecule is COC(=O)c1cc(NCC2(C)CCCO2)ccc1N. The molecule has 0 saturated carbocycles. The predicted octanol–water partition coefficient (Wildman–Crippen LogP) is 2.04. The van der Waals surface area contributed by atoms with Crippen molar-refractivity contribution in [1.29, 1.82) is 0 Å². The summed E-state index contributed by atoms with van der Waals surface area (Å²) in [6.07, 6.45) is 2.13. The third-order valence-electron chi connectivity index (χ3n) is 3.43. The molecule has 5 heteroatoms. The fraction of sp³-hybridized carbons (Fsp3) is 0.500. The lowest BCUT2D eigenvalue weighted by Crippen LogP contribution is -2.32. The lowest BCUT2D eigenvalue weighted by atomic mass is 10.0. The topological polar surface area (TPSA) is 73.6 Å². The van der Waals surface area contributed by atoms with Crippen LogP contribution in [0.2, 0.25) is 0 Å². The van der Waals surface area contributed by atoms with Gasteiger partial charge in [-0.15, -0.1) is 0 Å². The van der Waals surface area contributed by atoms with Gasteiger partial charge in [0.25, 0.3) is 0 Å². The zero-order valence-corrected chi connectivity index (χ0v) is 11.4. The molecule has 1 atom stereocenters. The Bertz CT molecular complexity index is 468. The summed E-state index contributed by atoms with van der Waals surface area (Å²) >= 11 is 0. The number of nitrogens with two attached hydrogens (primary N) is 1. The van der Waals surface area contributed by atoms with Crippen LogP contribution >= 0.6 is 0 Å². The van der Waals surface area contributed by atoms with E-state index in [1.54, 1.807) is 12.1 Å². The van der Waals surface area contributed by atoms with E-state index in [2.05, 4.69) is 12.2 Å². The van der Waals surface area contributed by atoms with Gasteiger partial charge in [-0.3, -0.25) is 0 Å². The number of esters is 1. The van der Waals surface area contributed by atoms with Gasteiger partial charge in [0, 0.05) is 24.5 Å². The second-order valence-electron chi connectivity index (χ2n) is 5.05. The van der Waals surface area contributed by atoms with Crippen LogP contribution in [0.1, 0.15) is 30.1 Å². The summed E-state index contributed by atoms with van der Waals surface area (Å²) < 4.78 is 10.4. The summed E-state index contributed by atoms with van der Waals surface area (Å²) in [5, 5.41) is 3.29. The number of anilines is 2. The van der Waals surface area contributed by atoms with Gasteiger partial charge in [0.2, 0.25) is 0 Å². The second-order valence-corrected chi connectivity index (χ2v) is 5.05. The highest BCUT2D eigenvalue weighted by atomic mass is 16.5. The number of rotatable bonds is 4. The predicted molar refractivity (Wildman–Crippen MR) is 74.3 cm³/mol. The number of ether oxygens (including phenoxy) is 2. The minimum absolute atomic E-state index is 0.132. The summed E-state index contributed by atoms with van der Waals surface area (Å²) in [5.74, 6) is -0.426. The van der Waals surface area contributed by atoms with Crippen molar-refractivity contribution in [2.75, 3.05) is 31.3 Å². The number of benzene rings is 1. The van der Waals surface area contributed by atoms with Crippen LogP contribution in [0.25, 0.3) is 0 Å². The first-order valence-electron chi connectivity index (χ1n) is 6.40. The van der Waals surface area contributed by atoms with Crippen molar-refractivity contribution in [2.24, 2.45) is 0 Å². The van der Waals surface area contributed by atoms with Crippen LogP contribution in [0.5, 0.6) is 0 Å². The molecule has 1 aliphatic rings. The highest BCUT2D eigenvalue weighted by molar-refractivity contribution is 5.96. The Balaban J connectivity index is 2.06. The number of hydrogen-bond donors (Lipinski definition) is 2. The summed E-state index contributed by atoms with van der Waals surface area (Å²) in [6.45, 7) is 3.61. The molecule has 1 heterocycles. The average molecular weight is 264 g/mol. The minimum Gasteiger partial charge on any atom is -0.465 e. The van der Waals surface area contributed by atoms with E-state index in [0.29, 0.717) is 17.8 Å². The van der Waals surface area contributed by atoms with Gasteiger partial charge in [-0.2, -0.15) is 0 Å². The molecule has 3 N–H and O–H groups in total. The van der Waals surface area contributed by atoms with Crippen molar-refractivity contribution in [3.05, 3.63) is 23.8 Å². The van der Waals surface area contributed by atoms with Crippen LogP contribution in [0, 0.1) is 0 Å². The van der Waals surface area contributed by atoms with E-state index in [4.69, 9.17) is 15.2 Å². The van der Waals surface area contributed by atoms with Crippen molar-refractivity contribution in [1.82, 2.24) is 0 Å². The van der Waals surface area contributed by atoms with Crippen LogP contribution in [0.15, 0.2) is 18.2 Å². The fourth-order valence-corrected chi connectivity index (χ4v) is 2.22. The monoisotopic (exact) mass is 264 g/mol. The summed E-state index contributed by atoms with van der Waals surface area (Å²) in [7, 11) is 1.34. The third kappa shape index (κ3) is 3.17. The molecular weight excluding hydrogens is 244 g/mol. The van der Waals surface area contributed by atoms with Crippen molar-refractivity contribution in [3.63, 3.8) is 0 Å². The normalized spacial score (nSPS) is 22.2. The highest BCUT2D eigenvalue weighted by Gasteiger charge is 2.29. The van der Waals surface area contributed by atoms with E-state index in [-0.39, 0.29) is 5.60 Å². The maximum atomic E-state index is 11.6. The molecule has 0 spiro atoms. The Morgan fingerprint density at radius 3 is 3.00 bits per heavy atom. The molecule has 5 nitrogen and oxygen atoms in total. The molecule has 2 rings (SSSR count). The minimum atomic E-state index is -0.426. The van der Waals surface area contributed by atoms with E-state index < -0.39 is 5.97 Å². The lowest BCUT2D eigenvalue weighted by Gasteiger charge is -2.24. The Hall–Kier alpha value is -1.75. The number of nitrogen functional groups attached to an aromatic ring is 1. The Labute approximate surface area is 113 Å². The van der Waals surface area contributed by atoms with E-state index in [9.17, 15) is 4.79 Å². The number of carbonyl (C=O) groups is 1. The highest BCUT2D eigenvalue weighted by Crippen LogP contribution is 2.26. The molecule has 0 aromatic heterocycles. The van der Waals surface area contributed by atoms with E-state index in [0.717, 1.165) is 25.1 Å². The molecule has 1 aliphatic heterocycles. The number of carbonyl (C=O) groups excluding carboxylic acids is 1. The number of methoxy groups -OCH3 is 1. The zero-order chi connectivity index (χ0) is 13.9. The molecule has 1 saturated heterocycles. The molecule has 1 aromatic rings. The molecular formula is C14H20N2O3. The summed E-state index contributed by atoms with van der Waals surface area (Å²) in [5.41, 5.74) is 7.26. The van der Waals surface area contributed by atoms with Gasteiger partial charge >= 0.3 is 5.97 Å². The van der Waals surface area contributed by atoms with Crippen molar-refractivity contribution in [2.45, 2.75) is 25.4 Å². The van der Waals surface area contributed by atoms with Gasteiger partial charge < -0.3 is 20.5 Å². The Morgan fingerprint density at radius 2 is 2.37 bits per heavy atom. The second kappa shape index (κ2) is 5.48. The van der Waals surface area contributed by atoms with Gasteiger partial charge in [0.1, 0.15) is 0 Å². The van der Waals surface area contributed by atoms with Crippen LogP contribution in [-0.2, 0) is 9.47 Å². The number of nitrogens with one attached hydrogen (secondary N) is 1. The first-order valence-corrected chi connectivity index (χ1v) is 6.40. The van der Waals surface area contributed by atoms with Crippen molar-refractivity contribution < 1.29 is 14.3 Å². The molecule has 1 unspecified atom stereocenters. The van der Waals surface area contributed by atoms with Gasteiger partial charge in [-0.1, -0.05) is 0 Å². The molecule has 0 radical (unpaired) electrons. The van der Waals surface area contributed by atoms with Gasteiger partial charge in [-0.25, -0.2) is 4.79 Å². The smallest absolute Gasteiger partial charge is 0.340 e. The fourth-order valence-electron chi connectivity index (χ4n) is 2.22. The first kappa shape index (κ1) is 13.7. The van der Waals surface area contributed by atoms with E-state index in [1.165, 1.54) is 7.11 Å². The third-order valence-corrected chi connectivity index (χ3v) is 3.43. The molecule has 19 heavy (non-hydrogen) atoms. The van der Waals surface area contributed by atoms with Crippen LogP contribution in [0.3, 0.4) is 0 Å². The first-order chi connectivity index (χ1) is 9.04. The van der Waals surface area contributed by atoms with E-state index in [1.807, 2.05) is 6.07 Å². The largest absolute Gasteiger partial charge is 0.465 e. The summed E-state index contributed by atoms with van der Waals surface area (Å²) in [4.78, 5) is 11.6. The Kier molecular flexibility index (Phi) is 3.95. The standard InChI is InChI=1S/C14H20N2O3/c1-14(6-3-7-19-14)9-16-10-4-5-12(15)11(8-10)13(17)18-2/h4-5,8,16H,3,6-7,9,15H2,1-2H3. The summed E-state index contributed by atoms with van der Waals surface area (Å²) in [6, 6.07) is 5.26. The molecule has 0 amide bonds. The number of hydrogen-bond acceptors (Lipinski definition) is 5. The van der Waals surface area contributed by atoms with Crippen LogP contribution < -0.4 is 11.1 Å². The quantitative estimate of drug-likeness (QED) is 0.643. The molecule has 1 aromatic carbocycles. The maximum absolute atomic E-state index is 11.6. The van der Waals surface area contributed by atoms with Crippen molar-refractivity contribution in [3.8, 4) is 0 Å².